The molecule has 0 saturated heterocycles. The molecule has 3 heteroatoms. The van der Waals surface area contributed by atoms with Crippen LogP contribution in [0.25, 0.3) is 0 Å². The Morgan fingerprint density at radius 1 is 0.516 bits per heavy atom. The molecule has 0 spiro atoms. The number of unbranched alkanes of at least 4 members (excludes halogenated alkanes) is 1. The minimum Gasteiger partial charge on any atom is -0.317 e. The topological polar surface area (TPSA) is 36.1 Å². The lowest BCUT2D eigenvalue weighted by Crippen LogP contribution is -2.45. The van der Waals surface area contributed by atoms with Gasteiger partial charge in [-0.2, -0.15) is 0 Å². The van der Waals surface area contributed by atoms with Crippen LogP contribution >= 0.6 is 0 Å². The van der Waals surface area contributed by atoms with Gasteiger partial charge >= 0.3 is 0 Å². The largest absolute Gasteiger partial charge is 0.317 e. The van der Waals surface area contributed by atoms with Crippen LogP contribution in [0.15, 0.2) is 91.0 Å². The molecule has 0 aliphatic heterocycles. The molecular formula is C28H37N3. The summed E-state index contributed by atoms with van der Waals surface area (Å²) in [4.78, 5) is 0. The Hall–Kier alpha value is -2.46. The van der Waals surface area contributed by atoms with Gasteiger partial charge in [0.2, 0.25) is 0 Å². The monoisotopic (exact) mass is 415 g/mol. The Labute approximate surface area is 188 Å². The molecule has 3 N–H and O–H groups in total. The van der Waals surface area contributed by atoms with Gasteiger partial charge in [-0.15, -0.1) is 0 Å². The fraction of sp³-hybridized carbons (Fsp3) is 0.357. The quantitative estimate of drug-likeness (QED) is 0.258. The predicted molar refractivity (Wildman–Crippen MR) is 132 cm³/mol. The first-order valence-electron chi connectivity index (χ1n) is 11.7. The highest BCUT2D eigenvalue weighted by Crippen LogP contribution is 2.36. The first-order chi connectivity index (χ1) is 15.4. The van der Waals surface area contributed by atoms with Crippen LogP contribution in [-0.2, 0) is 5.54 Å². The summed E-state index contributed by atoms with van der Waals surface area (Å²) in [6.07, 6.45) is 3.54. The Morgan fingerprint density at radius 3 is 1.39 bits per heavy atom. The Kier molecular flexibility index (Phi) is 9.78. The summed E-state index contributed by atoms with van der Waals surface area (Å²) >= 11 is 0. The van der Waals surface area contributed by atoms with Crippen LogP contribution < -0.4 is 16.0 Å². The molecule has 31 heavy (non-hydrogen) atoms. The van der Waals surface area contributed by atoms with Crippen LogP contribution in [0, 0.1) is 0 Å². The minimum atomic E-state index is -0.365. The molecule has 3 aromatic rings. The molecule has 0 heterocycles. The van der Waals surface area contributed by atoms with Crippen LogP contribution in [0.4, 0.5) is 0 Å². The molecule has 0 aliphatic carbocycles. The van der Waals surface area contributed by atoms with Gasteiger partial charge in [0.15, 0.2) is 0 Å². The molecule has 0 aliphatic rings. The van der Waals surface area contributed by atoms with E-state index in [9.17, 15) is 0 Å². The van der Waals surface area contributed by atoms with E-state index in [-0.39, 0.29) is 5.54 Å². The summed E-state index contributed by atoms with van der Waals surface area (Å²) in [6.45, 7) is 7.39. The van der Waals surface area contributed by atoms with Crippen molar-refractivity contribution in [2.45, 2.75) is 31.7 Å². The Balaban J connectivity index is 1.70. The van der Waals surface area contributed by atoms with Gasteiger partial charge in [0.1, 0.15) is 0 Å². The summed E-state index contributed by atoms with van der Waals surface area (Å²) < 4.78 is 0. The maximum atomic E-state index is 3.95. The van der Waals surface area contributed by atoms with Crippen LogP contribution in [0.1, 0.15) is 42.9 Å². The highest BCUT2D eigenvalue weighted by Gasteiger charge is 2.35. The maximum Gasteiger partial charge on any atom is 0.0947 e. The second-order valence-corrected chi connectivity index (χ2v) is 7.94. The van der Waals surface area contributed by atoms with E-state index in [1.165, 1.54) is 29.5 Å². The van der Waals surface area contributed by atoms with Gasteiger partial charge in [0.25, 0.3) is 0 Å². The molecular weight excluding hydrogens is 378 g/mol. The highest BCUT2D eigenvalue weighted by atomic mass is 15.0. The van der Waals surface area contributed by atoms with E-state index in [4.69, 9.17) is 0 Å². The number of nitrogens with one attached hydrogen (secondary N) is 3. The molecule has 3 nitrogen and oxygen atoms in total. The molecule has 0 unspecified atom stereocenters. The number of hydrogen-bond donors (Lipinski definition) is 3. The second-order valence-electron chi connectivity index (χ2n) is 7.94. The first-order valence-corrected chi connectivity index (χ1v) is 11.7. The van der Waals surface area contributed by atoms with Crippen molar-refractivity contribution in [2.24, 2.45) is 0 Å². The van der Waals surface area contributed by atoms with Gasteiger partial charge in [-0.25, -0.2) is 0 Å². The minimum absolute atomic E-state index is 0.365. The van der Waals surface area contributed by atoms with Crippen LogP contribution in [0.3, 0.4) is 0 Å². The average molecular weight is 416 g/mol. The average Bonchev–Trinajstić information content (AvgIpc) is 2.84. The summed E-state index contributed by atoms with van der Waals surface area (Å²) in [5.41, 5.74) is 3.44. The summed E-state index contributed by atoms with van der Waals surface area (Å²) in [5, 5.41) is 10.9. The molecule has 0 saturated carbocycles. The lowest BCUT2D eigenvalue weighted by molar-refractivity contribution is 0.458. The number of benzene rings is 3. The van der Waals surface area contributed by atoms with Crippen molar-refractivity contribution in [2.75, 3.05) is 32.7 Å². The van der Waals surface area contributed by atoms with E-state index in [0.717, 1.165) is 39.1 Å². The van der Waals surface area contributed by atoms with E-state index < -0.39 is 0 Å². The van der Waals surface area contributed by atoms with Crippen molar-refractivity contribution >= 4 is 0 Å². The lowest BCUT2D eigenvalue weighted by atomic mass is 9.77. The van der Waals surface area contributed by atoms with Crippen molar-refractivity contribution in [3.63, 3.8) is 0 Å². The normalized spacial score (nSPS) is 11.5. The second kappa shape index (κ2) is 13.1. The maximum absolute atomic E-state index is 3.95. The molecule has 0 bridgehead atoms. The van der Waals surface area contributed by atoms with Crippen molar-refractivity contribution < 1.29 is 0 Å². The summed E-state index contributed by atoms with van der Waals surface area (Å²) in [5.74, 6) is 0. The molecule has 3 rings (SSSR count). The van der Waals surface area contributed by atoms with E-state index in [2.05, 4.69) is 114 Å². The van der Waals surface area contributed by atoms with Crippen LogP contribution in [0.2, 0.25) is 0 Å². The van der Waals surface area contributed by atoms with Gasteiger partial charge in [0.05, 0.1) is 5.54 Å². The van der Waals surface area contributed by atoms with Gasteiger partial charge in [-0.05, 0) is 68.7 Å². The van der Waals surface area contributed by atoms with Crippen molar-refractivity contribution in [1.82, 2.24) is 16.0 Å². The summed E-state index contributed by atoms with van der Waals surface area (Å²) in [7, 11) is 0. The number of rotatable bonds is 14. The third-order valence-electron chi connectivity index (χ3n) is 5.75. The lowest BCUT2D eigenvalue weighted by Gasteiger charge is -2.37. The molecule has 0 atom stereocenters. The van der Waals surface area contributed by atoms with Crippen LogP contribution in [-0.4, -0.2) is 32.7 Å². The zero-order valence-electron chi connectivity index (χ0n) is 18.8. The molecule has 0 radical (unpaired) electrons. The zero-order chi connectivity index (χ0) is 21.6. The van der Waals surface area contributed by atoms with E-state index in [1.54, 1.807) is 0 Å². The van der Waals surface area contributed by atoms with E-state index in [1.807, 2.05) is 0 Å². The first kappa shape index (κ1) is 23.2. The third kappa shape index (κ3) is 6.51. The zero-order valence-corrected chi connectivity index (χ0v) is 18.8. The molecule has 0 aromatic heterocycles. The molecule has 0 fully saturated rings. The Morgan fingerprint density at radius 2 is 0.935 bits per heavy atom. The smallest absolute Gasteiger partial charge is 0.0947 e. The Bertz CT molecular complexity index is 737. The third-order valence-corrected chi connectivity index (χ3v) is 5.75. The van der Waals surface area contributed by atoms with Crippen LogP contribution in [0.5, 0.6) is 0 Å². The van der Waals surface area contributed by atoms with Gasteiger partial charge < -0.3 is 10.6 Å². The van der Waals surface area contributed by atoms with Gasteiger partial charge in [0, 0.05) is 0 Å². The highest BCUT2D eigenvalue weighted by molar-refractivity contribution is 5.49. The predicted octanol–water partition coefficient (Wildman–Crippen LogP) is 4.94. The van der Waals surface area contributed by atoms with Crippen molar-refractivity contribution in [3.05, 3.63) is 108 Å². The molecule has 3 aromatic carbocycles. The van der Waals surface area contributed by atoms with Gasteiger partial charge in [-0.3, -0.25) is 5.32 Å². The van der Waals surface area contributed by atoms with E-state index >= 15 is 0 Å². The van der Waals surface area contributed by atoms with E-state index in [0.29, 0.717) is 0 Å². The SMILES string of the molecule is CCNCCCCNCCCNC(c1ccccc1)(c1ccccc1)c1ccccc1. The summed E-state index contributed by atoms with van der Waals surface area (Å²) in [6, 6.07) is 32.4. The fourth-order valence-corrected chi connectivity index (χ4v) is 4.16. The van der Waals surface area contributed by atoms with Crippen molar-refractivity contribution in [3.8, 4) is 0 Å². The molecule has 0 amide bonds. The fourth-order valence-electron chi connectivity index (χ4n) is 4.16. The van der Waals surface area contributed by atoms with Crippen molar-refractivity contribution in [1.29, 1.82) is 0 Å². The number of hydrogen-bond acceptors (Lipinski definition) is 3. The standard InChI is InChI=1S/C28H37N3/c1-2-29-21-12-13-22-30-23-14-24-31-28(25-15-6-3-7-16-25,26-17-8-4-9-18-26)27-19-10-5-11-20-27/h3-11,15-20,29-31H,2,12-14,21-24H2,1H3. The molecule has 164 valence electrons. The van der Waals surface area contributed by atoms with Gasteiger partial charge in [-0.1, -0.05) is 97.9 Å².